The Morgan fingerprint density at radius 2 is 1.88 bits per heavy atom. The van der Waals surface area contributed by atoms with E-state index in [9.17, 15) is 4.79 Å². The Morgan fingerprint density at radius 3 is 2.56 bits per heavy atom. The molecule has 0 aliphatic heterocycles. The van der Waals surface area contributed by atoms with Crippen molar-refractivity contribution in [3.63, 3.8) is 0 Å². The van der Waals surface area contributed by atoms with Crippen LogP contribution in [0.4, 0.5) is 0 Å². The predicted molar refractivity (Wildman–Crippen MR) is 96.0 cm³/mol. The number of nitrogens with zero attached hydrogens (tertiary/aromatic N) is 1. The summed E-state index contributed by atoms with van der Waals surface area (Å²) >= 11 is 0. The molecule has 2 aliphatic rings. The minimum Gasteiger partial charge on any atom is -0.350 e. The Balaban J connectivity index is 1.47. The highest BCUT2D eigenvalue weighted by Gasteiger charge is 2.40. The lowest BCUT2D eigenvalue weighted by Crippen LogP contribution is -2.53. The number of hydrogen-bond acceptors (Lipinski definition) is 4. The molecule has 5 nitrogen and oxygen atoms in total. The Labute approximate surface area is 148 Å². The molecule has 1 aromatic carbocycles. The Hall–Kier alpha value is -2.14. The SMILES string of the molecule is Cc1ccc(-c2cc(C(=O)NC3C4CCCC3CC(N)C4)on2)cc1. The molecule has 3 N–H and O–H groups in total. The maximum atomic E-state index is 12.6. The number of carbonyl (C=O) groups excluding carboxylic acids is 1. The van der Waals surface area contributed by atoms with Crippen molar-refractivity contribution in [3.8, 4) is 11.3 Å². The molecule has 1 aromatic heterocycles. The first-order valence-electron chi connectivity index (χ1n) is 9.20. The number of hydrogen-bond donors (Lipinski definition) is 2. The summed E-state index contributed by atoms with van der Waals surface area (Å²) in [5.41, 5.74) is 9.00. The van der Waals surface area contributed by atoms with Crippen LogP contribution in [0.15, 0.2) is 34.9 Å². The second-order valence-electron chi connectivity index (χ2n) is 7.62. The van der Waals surface area contributed by atoms with Gasteiger partial charge >= 0.3 is 0 Å². The zero-order valence-electron chi connectivity index (χ0n) is 14.6. The van der Waals surface area contributed by atoms with Crippen LogP contribution in [0.3, 0.4) is 0 Å². The van der Waals surface area contributed by atoms with E-state index in [-0.39, 0.29) is 23.8 Å². The molecule has 4 rings (SSSR count). The van der Waals surface area contributed by atoms with E-state index >= 15 is 0 Å². The zero-order chi connectivity index (χ0) is 17.4. The minimum atomic E-state index is -0.164. The monoisotopic (exact) mass is 339 g/mol. The molecule has 1 heterocycles. The van der Waals surface area contributed by atoms with Gasteiger partial charge in [0.15, 0.2) is 0 Å². The first-order valence-corrected chi connectivity index (χ1v) is 9.20. The highest BCUT2D eigenvalue weighted by molar-refractivity contribution is 5.92. The molecule has 2 saturated carbocycles. The van der Waals surface area contributed by atoms with E-state index in [4.69, 9.17) is 10.3 Å². The third kappa shape index (κ3) is 3.33. The molecule has 132 valence electrons. The molecule has 1 amide bonds. The van der Waals surface area contributed by atoms with Crippen LogP contribution in [-0.4, -0.2) is 23.1 Å². The van der Waals surface area contributed by atoms with Crippen molar-refractivity contribution in [3.05, 3.63) is 41.7 Å². The van der Waals surface area contributed by atoms with Gasteiger partial charge in [-0.1, -0.05) is 41.4 Å². The van der Waals surface area contributed by atoms with Gasteiger partial charge in [-0.2, -0.15) is 0 Å². The highest BCUT2D eigenvalue weighted by Crippen LogP contribution is 2.39. The molecule has 25 heavy (non-hydrogen) atoms. The van der Waals surface area contributed by atoms with Gasteiger partial charge in [0.2, 0.25) is 5.76 Å². The summed E-state index contributed by atoms with van der Waals surface area (Å²) in [6.07, 6.45) is 5.56. The number of aryl methyl sites for hydroxylation is 1. The molecular formula is C20H25N3O2. The summed E-state index contributed by atoms with van der Waals surface area (Å²) in [6, 6.07) is 10.2. The second-order valence-corrected chi connectivity index (χ2v) is 7.62. The average molecular weight is 339 g/mol. The van der Waals surface area contributed by atoms with Crippen LogP contribution in [0, 0.1) is 18.8 Å². The molecule has 5 heteroatoms. The van der Waals surface area contributed by atoms with Gasteiger partial charge in [0.05, 0.1) is 0 Å². The Kier molecular flexibility index (Phi) is 4.34. The summed E-state index contributed by atoms with van der Waals surface area (Å²) in [5.74, 6) is 1.10. The normalized spacial score (nSPS) is 28.6. The fraction of sp³-hybridized carbons (Fsp3) is 0.500. The molecule has 2 aromatic rings. The average Bonchev–Trinajstić information content (AvgIpc) is 3.06. The van der Waals surface area contributed by atoms with Crippen molar-refractivity contribution in [2.24, 2.45) is 17.6 Å². The van der Waals surface area contributed by atoms with Crippen LogP contribution >= 0.6 is 0 Å². The fourth-order valence-corrected chi connectivity index (χ4v) is 4.49. The standard InChI is InChI=1S/C20H25N3O2/c1-12-5-7-13(8-6-12)17-11-18(25-23-17)20(24)22-19-14-3-2-4-15(19)10-16(21)9-14/h5-8,11,14-16,19H,2-4,9-10,21H2,1H3,(H,22,24). The first-order chi connectivity index (χ1) is 12.1. The van der Waals surface area contributed by atoms with E-state index in [0.29, 0.717) is 17.5 Å². The predicted octanol–water partition coefficient (Wildman–Crippen LogP) is 3.29. The number of carbonyl (C=O) groups is 1. The van der Waals surface area contributed by atoms with Crippen molar-refractivity contribution < 1.29 is 9.32 Å². The van der Waals surface area contributed by atoms with Gasteiger partial charge in [-0.25, -0.2) is 0 Å². The third-order valence-electron chi connectivity index (χ3n) is 5.76. The summed E-state index contributed by atoms with van der Waals surface area (Å²) in [5, 5.41) is 7.26. The summed E-state index contributed by atoms with van der Waals surface area (Å²) in [7, 11) is 0. The number of benzene rings is 1. The number of nitrogens with two attached hydrogens (primary N) is 1. The van der Waals surface area contributed by atoms with E-state index in [1.165, 1.54) is 12.0 Å². The van der Waals surface area contributed by atoms with Crippen molar-refractivity contribution >= 4 is 5.91 Å². The lowest BCUT2D eigenvalue weighted by molar-refractivity contribution is 0.0725. The minimum absolute atomic E-state index is 0.164. The van der Waals surface area contributed by atoms with Crippen molar-refractivity contribution in [1.29, 1.82) is 0 Å². The molecule has 2 fully saturated rings. The quantitative estimate of drug-likeness (QED) is 0.899. The van der Waals surface area contributed by atoms with E-state index < -0.39 is 0 Å². The lowest BCUT2D eigenvalue weighted by atomic mass is 9.67. The maximum absolute atomic E-state index is 12.6. The van der Waals surface area contributed by atoms with E-state index in [1.807, 2.05) is 31.2 Å². The van der Waals surface area contributed by atoms with Gasteiger partial charge in [-0.3, -0.25) is 4.79 Å². The van der Waals surface area contributed by atoms with Crippen LogP contribution in [0.25, 0.3) is 11.3 Å². The summed E-state index contributed by atoms with van der Waals surface area (Å²) < 4.78 is 5.31. The molecule has 0 radical (unpaired) electrons. The van der Waals surface area contributed by atoms with Crippen molar-refractivity contribution in [1.82, 2.24) is 10.5 Å². The molecule has 2 unspecified atom stereocenters. The van der Waals surface area contributed by atoms with Crippen LogP contribution in [0.1, 0.15) is 48.2 Å². The number of rotatable bonds is 3. The van der Waals surface area contributed by atoms with Crippen LogP contribution in [-0.2, 0) is 0 Å². The van der Waals surface area contributed by atoms with Crippen LogP contribution < -0.4 is 11.1 Å². The fourth-order valence-electron chi connectivity index (χ4n) is 4.49. The van der Waals surface area contributed by atoms with Gasteiger partial charge in [0, 0.05) is 23.7 Å². The topological polar surface area (TPSA) is 81.2 Å². The molecule has 2 atom stereocenters. The second kappa shape index (κ2) is 6.64. The number of aromatic nitrogens is 1. The molecular weight excluding hydrogens is 314 g/mol. The summed E-state index contributed by atoms with van der Waals surface area (Å²) in [4.78, 5) is 12.6. The summed E-state index contributed by atoms with van der Waals surface area (Å²) in [6.45, 7) is 2.04. The van der Waals surface area contributed by atoms with Crippen LogP contribution in [0.5, 0.6) is 0 Å². The Morgan fingerprint density at radius 1 is 1.20 bits per heavy atom. The number of fused-ring (bicyclic) bond motifs is 2. The van der Waals surface area contributed by atoms with E-state index in [1.54, 1.807) is 6.07 Å². The lowest BCUT2D eigenvalue weighted by Gasteiger charge is -2.45. The van der Waals surface area contributed by atoms with Gasteiger partial charge in [-0.05, 0) is 44.4 Å². The molecule has 2 bridgehead atoms. The van der Waals surface area contributed by atoms with Crippen molar-refractivity contribution in [2.75, 3.05) is 0 Å². The van der Waals surface area contributed by atoms with Crippen molar-refractivity contribution in [2.45, 2.75) is 51.1 Å². The smallest absolute Gasteiger partial charge is 0.290 e. The van der Waals surface area contributed by atoms with E-state index in [2.05, 4.69) is 10.5 Å². The van der Waals surface area contributed by atoms with Gasteiger partial charge < -0.3 is 15.6 Å². The van der Waals surface area contributed by atoms with Gasteiger partial charge in [0.25, 0.3) is 5.91 Å². The third-order valence-corrected chi connectivity index (χ3v) is 5.76. The number of amides is 1. The molecule has 0 saturated heterocycles. The first kappa shape index (κ1) is 16.3. The number of nitrogens with one attached hydrogen (secondary N) is 1. The Bertz CT molecular complexity index is 739. The van der Waals surface area contributed by atoms with Gasteiger partial charge in [-0.15, -0.1) is 0 Å². The molecule has 2 aliphatic carbocycles. The van der Waals surface area contributed by atoms with Gasteiger partial charge in [0.1, 0.15) is 5.69 Å². The largest absolute Gasteiger partial charge is 0.350 e. The van der Waals surface area contributed by atoms with Crippen LogP contribution in [0.2, 0.25) is 0 Å². The zero-order valence-corrected chi connectivity index (χ0v) is 14.6. The molecule has 0 spiro atoms. The maximum Gasteiger partial charge on any atom is 0.290 e. The van der Waals surface area contributed by atoms with E-state index in [0.717, 1.165) is 31.2 Å². The highest BCUT2D eigenvalue weighted by atomic mass is 16.5.